The van der Waals surface area contributed by atoms with Crippen molar-refractivity contribution in [3.63, 3.8) is 0 Å². The van der Waals surface area contributed by atoms with Crippen molar-refractivity contribution in [3.05, 3.63) is 77.9 Å². The van der Waals surface area contributed by atoms with Crippen LogP contribution in [0.4, 0.5) is 0 Å². The molecular formula is C29H37N3O2. The van der Waals surface area contributed by atoms with E-state index in [0.717, 1.165) is 63.1 Å². The van der Waals surface area contributed by atoms with E-state index in [4.69, 9.17) is 0 Å². The van der Waals surface area contributed by atoms with Crippen molar-refractivity contribution in [2.75, 3.05) is 32.7 Å². The molecule has 1 N–H and O–H groups in total. The fraction of sp³-hybridized carbons (Fsp3) is 0.483. The molecule has 3 aliphatic heterocycles. The van der Waals surface area contributed by atoms with Crippen molar-refractivity contribution >= 4 is 5.91 Å². The number of amides is 1. The second kappa shape index (κ2) is 10.3. The van der Waals surface area contributed by atoms with Crippen molar-refractivity contribution in [2.24, 2.45) is 0 Å². The predicted molar refractivity (Wildman–Crippen MR) is 136 cm³/mol. The van der Waals surface area contributed by atoms with E-state index in [0.29, 0.717) is 17.8 Å². The van der Waals surface area contributed by atoms with Gasteiger partial charge in [-0.1, -0.05) is 36.8 Å². The number of aromatic hydroxyl groups is 1. The normalized spacial score (nSPS) is 24.5. The Labute approximate surface area is 203 Å². The lowest BCUT2D eigenvalue weighted by Crippen LogP contribution is -2.50. The van der Waals surface area contributed by atoms with Crippen LogP contribution in [0, 0.1) is 0 Å². The molecule has 5 nitrogen and oxygen atoms in total. The topological polar surface area (TPSA) is 47.0 Å². The number of fused-ring (bicyclic) bond motifs is 2. The number of phenols is 1. The molecule has 3 aliphatic rings. The zero-order chi connectivity index (χ0) is 23.5. The third kappa shape index (κ3) is 4.77. The smallest absolute Gasteiger partial charge is 0.253 e. The quantitative estimate of drug-likeness (QED) is 0.629. The molecule has 5 heteroatoms. The van der Waals surface area contributed by atoms with Crippen LogP contribution < -0.4 is 0 Å². The average Bonchev–Trinajstić information content (AvgIpc) is 3.36. The van der Waals surface area contributed by atoms with Gasteiger partial charge in [-0.15, -0.1) is 6.58 Å². The van der Waals surface area contributed by atoms with Gasteiger partial charge in [-0.2, -0.15) is 0 Å². The SMILES string of the molecule is C=CCN1CCC2CCCC(C1)N2C(c1ccc(C(=O)N2CCCC2)cc1)c1cccc(O)c1. The zero-order valence-corrected chi connectivity index (χ0v) is 20.1. The Bertz CT molecular complexity index is 999. The second-order valence-electron chi connectivity index (χ2n) is 10.1. The van der Waals surface area contributed by atoms with Crippen LogP contribution in [-0.4, -0.2) is 70.5 Å². The van der Waals surface area contributed by atoms with Gasteiger partial charge in [-0.3, -0.25) is 14.6 Å². The molecule has 0 spiro atoms. The minimum atomic E-state index is 0.0574. The highest BCUT2D eigenvalue weighted by Crippen LogP contribution is 2.40. The Morgan fingerprint density at radius 3 is 2.47 bits per heavy atom. The lowest BCUT2D eigenvalue weighted by Gasteiger charge is -2.46. The van der Waals surface area contributed by atoms with Crippen molar-refractivity contribution in [2.45, 2.75) is 56.7 Å². The number of carbonyl (C=O) groups excluding carboxylic acids is 1. The summed E-state index contributed by atoms with van der Waals surface area (Å²) in [4.78, 5) is 20.1. The molecule has 0 radical (unpaired) electrons. The van der Waals surface area contributed by atoms with Crippen LogP contribution >= 0.6 is 0 Å². The predicted octanol–water partition coefficient (Wildman–Crippen LogP) is 4.83. The first-order chi connectivity index (χ1) is 16.6. The summed E-state index contributed by atoms with van der Waals surface area (Å²) in [6.07, 6.45) is 9.02. The molecule has 2 bridgehead atoms. The first-order valence-electron chi connectivity index (χ1n) is 12.9. The van der Waals surface area contributed by atoms with Crippen molar-refractivity contribution in [1.82, 2.24) is 14.7 Å². The molecule has 3 fully saturated rings. The molecule has 34 heavy (non-hydrogen) atoms. The van der Waals surface area contributed by atoms with Crippen LogP contribution in [0.2, 0.25) is 0 Å². The number of phenolic OH excluding ortho intramolecular Hbond substituents is 1. The molecule has 3 saturated heterocycles. The van der Waals surface area contributed by atoms with E-state index in [1.165, 1.54) is 24.8 Å². The largest absolute Gasteiger partial charge is 0.508 e. The highest BCUT2D eigenvalue weighted by atomic mass is 16.3. The molecule has 0 aliphatic carbocycles. The average molecular weight is 460 g/mol. The third-order valence-corrected chi connectivity index (χ3v) is 7.90. The molecule has 5 rings (SSSR count). The zero-order valence-electron chi connectivity index (χ0n) is 20.1. The van der Waals surface area contributed by atoms with Gasteiger partial charge in [0.05, 0.1) is 6.04 Å². The van der Waals surface area contributed by atoms with Gasteiger partial charge < -0.3 is 10.0 Å². The van der Waals surface area contributed by atoms with Crippen LogP contribution in [-0.2, 0) is 0 Å². The first kappa shape index (κ1) is 23.1. The van der Waals surface area contributed by atoms with Crippen LogP contribution in [0.25, 0.3) is 0 Å². The maximum Gasteiger partial charge on any atom is 0.253 e. The van der Waals surface area contributed by atoms with Gasteiger partial charge in [0, 0.05) is 50.4 Å². The molecule has 180 valence electrons. The van der Waals surface area contributed by atoms with Crippen LogP contribution in [0.3, 0.4) is 0 Å². The fourth-order valence-electron chi connectivity index (χ4n) is 6.30. The number of carbonyl (C=O) groups is 1. The van der Waals surface area contributed by atoms with Gasteiger partial charge in [-0.05, 0) is 67.5 Å². The molecule has 1 amide bonds. The number of rotatable bonds is 6. The summed E-state index contributed by atoms with van der Waals surface area (Å²) in [5, 5.41) is 10.3. The third-order valence-electron chi connectivity index (χ3n) is 7.90. The molecule has 2 aromatic carbocycles. The number of piperidine rings is 1. The van der Waals surface area contributed by atoms with E-state index < -0.39 is 0 Å². The summed E-state index contributed by atoms with van der Waals surface area (Å²) in [7, 11) is 0. The Morgan fingerprint density at radius 2 is 1.74 bits per heavy atom. The lowest BCUT2D eigenvalue weighted by molar-refractivity contribution is 0.0562. The Balaban J connectivity index is 1.50. The van der Waals surface area contributed by atoms with Gasteiger partial charge in [0.2, 0.25) is 0 Å². The summed E-state index contributed by atoms with van der Waals surface area (Å²) >= 11 is 0. The molecule has 3 heterocycles. The number of likely N-dealkylation sites (tertiary alicyclic amines) is 1. The lowest BCUT2D eigenvalue weighted by atomic mass is 9.87. The maximum absolute atomic E-state index is 12.9. The highest BCUT2D eigenvalue weighted by molar-refractivity contribution is 5.94. The second-order valence-corrected chi connectivity index (χ2v) is 10.1. The van der Waals surface area contributed by atoms with E-state index >= 15 is 0 Å². The molecular weight excluding hydrogens is 422 g/mol. The van der Waals surface area contributed by atoms with Crippen molar-refractivity contribution in [3.8, 4) is 5.75 Å². The van der Waals surface area contributed by atoms with E-state index in [1.54, 1.807) is 6.07 Å². The number of hydrogen-bond donors (Lipinski definition) is 1. The molecule has 0 saturated carbocycles. The van der Waals surface area contributed by atoms with Gasteiger partial charge in [-0.25, -0.2) is 0 Å². The summed E-state index contributed by atoms with van der Waals surface area (Å²) in [6, 6.07) is 17.0. The van der Waals surface area contributed by atoms with E-state index in [2.05, 4.69) is 34.6 Å². The molecule has 0 aromatic heterocycles. The standard InChI is InChI=1S/C29H37N3O2/c1-2-16-30-19-15-25-8-6-9-26(21-30)32(25)28(24-7-5-10-27(33)20-24)22-11-13-23(14-12-22)29(34)31-17-3-4-18-31/h2,5,7,10-14,20,25-26,28,33H,1,3-4,6,8-9,15-19,21H2. The summed E-state index contributed by atoms with van der Waals surface area (Å²) in [5.41, 5.74) is 3.08. The van der Waals surface area contributed by atoms with E-state index in [-0.39, 0.29) is 11.9 Å². The summed E-state index contributed by atoms with van der Waals surface area (Å²) in [5.74, 6) is 0.446. The molecule has 3 unspecified atom stereocenters. The first-order valence-corrected chi connectivity index (χ1v) is 12.9. The van der Waals surface area contributed by atoms with Gasteiger partial charge in [0.1, 0.15) is 5.75 Å². The minimum Gasteiger partial charge on any atom is -0.508 e. The maximum atomic E-state index is 12.9. The molecule has 2 aromatic rings. The van der Waals surface area contributed by atoms with Crippen molar-refractivity contribution in [1.29, 1.82) is 0 Å². The summed E-state index contributed by atoms with van der Waals surface area (Å²) in [6.45, 7) is 8.77. The van der Waals surface area contributed by atoms with Gasteiger partial charge in [0.15, 0.2) is 0 Å². The summed E-state index contributed by atoms with van der Waals surface area (Å²) < 4.78 is 0. The monoisotopic (exact) mass is 459 g/mol. The van der Waals surface area contributed by atoms with Gasteiger partial charge in [0.25, 0.3) is 5.91 Å². The van der Waals surface area contributed by atoms with Crippen LogP contribution in [0.15, 0.2) is 61.2 Å². The van der Waals surface area contributed by atoms with Gasteiger partial charge >= 0.3 is 0 Å². The van der Waals surface area contributed by atoms with E-state index in [9.17, 15) is 9.90 Å². The Kier molecular flexibility index (Phi) is 7.02. The number of nitrogens with zero attached hydrogens (tertiary/aromatic N) is 3. The van der Waals surface area contributed by atoms with Crippen LogP contribution in [0.5, 0.6) is 5.75 Å². The molecule has 3 atom stereocenters. The number of hydrogen-bond acceptors (Lipinski definition) is 4. The Morgan fingerprint density at radius 1 is 0.971 bits per heavy atom. The Hall–Kier alpha value is -2.63. The highest BCUT2D eigenvalue weighted by Gasteiger charge is 2.39. The van der Waals surface area contributed by atoms with Crippen molar-refractivity contribution < 1.29 is 9.90 Å². The van der Waals surface area contributed by atoms with E-state index in [1.807, 2.05) is 35.2 Å². The minimum absolute atomic E-state index is 0.0574. The van der Waals surface area contributed by atoms with Crippen LogP contribution in [0.1, 0.15) is 66.1 Å². The fourth-order valence-corrected chi connectivity index (χ4v) is 6.30. The number of benzene rings is 2.